The highest BCUT2D eigenvalue weighted by atomic mass is 32.2. The Kier molecular flexibility index (Phi) is 7.40. The minimum Gasteiger partial charge on any atom is -0.569 e. The van der Waals surface area contributed by atoms with Gasteiger partial charge in [0, 0.05) is 31.8 Å². The maximum absolute atomic E-state index is 12.9. The summed E-state index contributed by atoms with van der Waals surface area (Å²) in [5.74, 6) is -0.776. The maximum atomic E-state index is 12.9. The van der Waals surface area contributed by atoms with Crippen LogP contribution in [0.15, 0.2) is 52.6 Å². The number of carbonyl (C=O) groups excluding carboxylic acids is 1. The van der Waals surface area contributed by atoms with Gasteiger partial charge in [0.25, 0.3) is 5.69 Å². The molecule has 2 aromatic carbocycles. The van der Waals surface area contributed by atoms with Crippen molar-refractivity contribution in [3.05, 3.63) is 67.9 Å². The topological polar surface area (TPSA) is 204 Å². The Bertz CT molecular complexity index is 1270. The molecule has 0 aromatic heterocycles. The Morgan fingerprint density at radius 1 is 1.00 bits per heavy atom. The van der Waals surface area contributed by atoms with Gasteiger partial charge >= 0.3 is 5.69 Å². The van der Waals surface area contributed by atoms with Gasteiger partial charge in [-0.15, -0.1) is 5.01 Å². The highest BCUT2D eigenvalue weighted by Crippen LogP contribution is 2.31. The molecule has 1 saturated heterocycles. The van der Waals surface area contributed by atoms with Gasteiger partial charge < -0.3 is 10.5 Å². The molecule has 0 radical (unpaired) electrons. The van der Waals surface area contributed by atoms with Crippen molar-refractivity contribution in [1.29, 1.82) is 0 Å². The molecule has 2 aromatic rings. The summed E-state index contributed by atoms with van der Waals surface area (Å²) in [4.78, 5) is 36.1. The molecule has 17 heteroatoms. The van der Waals surface area contributed by atoms with Crippen LogP contribution in [0, 0.1) is 25.4 Å². The molecule has 0 bridgehead atoms. The third-order valence-electron chi connectivity index (χ3n) is 4.83. The summed E-state index contributed by atoms with van der Waals surface area (Å²) < 4.78 is 26.9. The quantitative estimate of drug-likeness (QED) is 0.236. The number of benzene rings is 2. The van der Waals surface area contributed by atoms with Crippen LogP contribution in [0.5, 0.6) is 5.75 Å². The largest absolute Gasteiger partial charge is 0.569 e. The van der Waals surface area contributed by atoms with Crippen LogP contribution < -0.4 is 10.2 Å². The first-order chi connectivity index (χ1) is 16.5. The highest BCUT2D eigenvalue weighted by Gasteiger charge is 2.31. The Labute approximate surface area is 197 Å². The predicted molar refractivity (Wildman–Crippen MR) is 118 cm³/mol. The number of nitrogens with zero attached hydrogens (tertiary/aromatic N) is 6. The normalized spacial score (nSPS) is 14.9. The van der Waals surface area contributed by atoms with E-state index in [1.165, 1.54) is 35.5 Å². The van der Waals surface area contributed by atoms with Crippen molar-refractivity contribution in [3.63, 3.8) is 0 Å². The lowest BCUT2D eigenvalue weighted by atomic mass is 10.2. The number of piperazine rings is 1. The number of hydrogen-bond acceptors (Lipinski definition) is 10. The van der Waals surface area contributed by atoms with Crippen molar-refractivity contribution in [2.75, 3.05) is 31.5 Å². The van der Waals surface area contributed by atoms with Gasteiger partial charge in [-0.05, 0) is 30.3 Å². The zero-order chi connectivity index (χ0) is 25.8. The van der Waals surface area contributed by atoms with E-state index in [1.807, 2.05) is 0 Å². The fourth-order valence-corrected chi connectivity index (χ4v) is 4.54. The molecule has 1 N–H and O–H groups in total. The number of nitrogens with one attached hydrogen (secondary N) is 1. The zero-order valence-electron chi connectivity index (χ0n) is 18.1. The number of amides is 1. The summed E-state index contributed by atoms with van der Waals surface area (Å²) in [6.45, 7) is 1.11. The summed E-state index contributed by atoms with van der Waals surface area (Å²) in [5, 5.41) is 41.1. The van der Waals surface area contributed by atoms with Crippen molar-refractivity contribution in [2.45, 2.75) is 11.8 Å². The molecule has 0 aliphatic carbocycles. The molecule has 1 amide bonds. The Balaban J connectivity index is 1.64. The van der Waals surface area contributed by atoms with Crippen LogP contribution in [0.4, 0.5) is 17.1 Å². The number of nitro groups is 2. The van der Waals surface area contributed by atoms with Crippen molar-refractivity contribution < 1.29 is 32.9 Å². The van der Waals surface area contributed by atoms with E-state index >= 15 is 0 Å². The van der Waals surface area contributed by atoms with Gasteiger partial charge in [-0.25, -0.2) is 8.42 Å². The molecule has 0 spiro atoms. The molecule has 186 valence electrons. The Morgan fingerprint density at radius 3 is 2.17 bits per heavy atom. The summed E-state index contributed by atoms with van der Waals surface area (Å²) in [5.41, 5.74) is -0.847. The lowest BCUT2D eigenvalue weighted by Crippen LogP contribution is -2.50. The lowest BCUT2D eigenvalue weighted by Gasteiger charge is -2.30. The lowest BCUT2D eigenvalue weighted by molar-refractivity contribution is -0.708. The molecule has 16 nitrogen and oxygen atoms in total. The van der Waals surface area contributed by atoms with Gasteiger partial charge in [-0.2, -0.15) is 4.31 Å². The van der Waals surface area contributed by atoms with E-state index in [4.69, 9.17) is 4.84 Å². The van der Waals surface area contributed by atoms with E-state index in [9.17, 15) is 38.6 Å². The molecular weight excluding hydrogens is 490 g/mol. The number of hydrogen-bond donors (Lipinski definition) is 1. The second-order valence-corrected chi connectivity index (χ2v) is 9.09. The second kappa shape index (κ2) is 10.3. The molecule has 1 aliphatic heterocycles. The van der Waals surface area contributed by atoms with E-state index in [2.05, 4.69) is 10.6 Å². The van der Waals surface area contributed by atoms with Gasteiger partial charge in [0.2, 0.25) is 27.0 Å². The number of nitro benzene ring substituents is 2. The average Bonchev–Trinajstić information content (AvgIpc) is 2.82. The first-order valence-electron chi connectivity index (χ1n) is 9.90. The number of rotatable bonds is 8. The number of carbonyl (C=O) groups is 1. The van der Waals surface area contributed by atoms with E-state index in [1.54, 1.807) is 0 Å². The smallest absolute Gasteiger partial charge is 0.321 e. The van der Waals surface area contributed by atoms with Gasteiger partial charge in [0.05, 0.1) is 38.9 Å². The molecule has 0 saturated carbocycles. The van der Waals surface area contributed by atoms with Crippen LogP contribution in [-0.2, 0) is 14.8 Å². The number of sulfonamides is 1. The van der Waals surface area contributed by atoms with Crippen LogP contribution in [-0.4, -0.2) is 64.6 Å². The fraction of sp³-hybridized carbons (Fsp3) is 0.278. The first kappa shape index (κ1) is 25.2. The van der Waals surface area contributed by atoms with Crippen LogP contribution in [0.3, 0.4) is 0 Å². The molecule has 3 rings (SSSR count). The maximum Gasteiger partial charge on any atom is 0.321 e. The standard InChI is InChI=1S/C18H19N7O9S/c1-13(26)19-14-2-5-16(6-3-14)35(32,33)22-10-8-21(9-11-22)25(31)20-34-18-7-4-15(23(27)28)12-17(18)24(29)30/h2-7,12H,8-11H2,1H3,(H,19,26)/b25-20-. The summed E-state index contributed by atoms with van der Waals surface area (Å²) in [6.07, 6.45) is 0. The van der Waals surface area contributed by atoms with Gasteiger partial charge in [-0.3, -0.25) is 29.9 Å². The fourth-order valence-electron chi connectivity index (χ4n) is 3.12. The minimum absolute atomic E-state index is 0.0116. The van der Waals surface area contributed by atoms with Crippen molar-refractivity contribution in [1.82, 2.24) is 9.31 Å². The first-order valence-corrected chi connectivity index (χ1v) is 11.3. The minimum atomic E-state index is -3.86. The van der Waals surface area contributed by atoms with E-state index in [0.717, 1.165) is 17.1 Å². The Hall–Kier alpha value is -4.38. The summed E-state index contributed by atoms with van der Waals surface area (Å²) in [7, 11) is -3.86. The average molecular weight is 509 g/mol. The van der Waals surface area contributed by atoms with Gasteiger partial charge in [0.1, 0.15) is 0 Å². The molecular formula is C18H19N7O9S. The van der Waals surface area contributed by atoms with Crippen LogP contribution >= 0.6 is 0 Å². The highest BCUT2D eigenvalue weighted by molar-refractivity contribution is 7.89. The van der Waals surface area contributed by atoms with Crippen LogP contribution in [0.2, 0.25) is 0 Å². The van der Waals surface area contributed by atoms with E-state index in [-0.39, 0.29) is 42.0 Å². The van der Waals surface area contributed by atoms with Crippen LogP contribution in [0.25, 0.3) is 0 Å². The molecule has 35 heavy (non-hydrogen) atoms. The molecule has 1 fully saturated rings. The summed E-state index contributed by atoms with van der Waals surface area (Å²) >= 11 is 0. The number of non-ortho nitro benzene ring substituents is 1. The molecule has 0 atom stereocenters. The molecule has 1 heterocycles. The van der Waals surface area contributed by atoms with Gasteiger partial charge in [-0.1, -0.05) is 0 Å². The second-order valence-electron chi connectivity index (χ2n) is 7.16. The summed E-state index contributed by atoms with van der Waals surface area (Å²) in [6, 6.07) is 8.19. The third kappa shape index (κ3) is 5.95. The third-order valence-corrected chi connectivity index (χ3v) is 6.74. The van der Waals surface area contributed by atoms with Crippen molar-refractivity contribution >= 4 is 33.0 Å². The van der Waals surface area contributed by atoms with Crippen molar-refractivity contribution in [2.24, 2.45) is 5.28 Å². The Morgan fingerprint density at radius 2 is 1.63 bits per heavy atom. The van der Waals surface area contributed by atoms with Crippen LogP contribution in [0.1, 0.15) is 6.92 Å². The monoisotopic (exact) mass is 509 g/mol. The van der Waals surface area contributed by atoms with Crippen molar-refractivity contribution in [3.8, 4) is 5.75 Å². The molecule has 1 aliphatic rings. The molecule has 0 unspecified atom stereocenters. The van der Waals surface area contributed by atoms with E-state index in [0.29, 0.717) is 11.8 Å². The number of hydrazine groups is 1. The zero-order valence-corrected chi connectivity index (χ0v) is 19.0. The number of anilines is 1. The van der Waals surface area contributed by atoms with E-state index < -0.39 is 37.0 Å². The van der Waals surface area contributed by atoms with Gasteiger partial charge in [0.15, 0.2) is 0 Å². The SMILES string of the molecule is CC(=O)Nc1ccc(S(=O)(=O)N2CCN(/[N+]([O-])=N/Oc3ccc([N+](=O)[O-])cc3[N+](=O)[O-])CC2)cc1. The predicted octanol–water partition coefficient (Wildman–Crippen LogP) is 1.64.